The Hall–Kier alpha value is -1.85. The first kappa shape index (κ1) is 14.7. The Morgan fingerprint density at radius 1 is 1.17 bits per heavy atom. The van der Waals surface area contributed by atoms with E-state index in [-0.39, 0.29) is 23.5 Å². The van der Waals surface area contributed by atoms with Crippen LogP contribution in [0.2, 0.25) is 0 Å². The lowest BCUT2D eigenvalue weighted by atomic mass is 9.71. The molecule has 2 aliphatic rings. The van der Waals surface area contributed by atoms with Gasteiger partial charge in [0.25, 0.3) is 0 Å². The van der Waals surface area contributed by atoms with Gasteiger partial charge >= 0.3 is 0 Å². The Morgan fingerprint density at radius 3 is 2.70 bits per heavy atom. The smallest absolute Gasteiger partial charge is 0.180 e. The minimum atomic E-state index is -1.02. The van der Waals surface area contributed by atoms with E-state index >= 15 is 0 Å². The Labute approximate surface area is 137 Å². The van der Waals surface area contributed by atoms with Crippen molar-refractivity contribution >= 4 is 17.5 Å². The molecular formula is C18H15FO3S. The molecule has 5 heteroatoms. The third kappa shape index (κ3) is 2.11. The van der Waals surface area contributed by atoms with Crippen molar-refractivity contribution < 1.29 is 19.0 Å². The number of thioether (sulfide) groups is 1. The zero-order valence-electron chi connectivity index (χ0n) is 12.2. The number of benzene rings is 2. The lowest BCUT2D eigenvalue weighted by Gasteiger charge is -2.39. The van der Waals surface area contributed by atoms with E-state index in [1.54, 1.807) is 30.3 Å². The van der Waals surface area contributed by atoms with Gasteiger partial charge in [-0.2, -0.15) is 0 Å². The molecule has 1 saturated heterocycles. The summed E-state index contributed by atoms with van der Waals surface area (Å²) in [5.74, 6) is 0.610. The number of carbonyl (C=O) groups is 1. The number of fused-ring (bicyclic) bond motifs is 1. The van der Waals surface area contributed by atoms with E-state index in [9.17, 15) is 14.3 Å². The molecule has 0 radical (unpaired) electrons. The molecule has 118 valence electrons. The van der Waals surface area contributed by atoms with Crippen LogP contribution in [0.4, 0.5) is 4.39 Å². The fraction of sp³-hybridized carbons (Fsp3) is 0.278. The molecule has 0 aromatic heterocycles. The van der Waals surface area contributed by atoms with Crippen LogP contribution in [-0.4, -0.2) is 29.4 Å². The fourth-order valence-corrected chi connectivity index (χ4v) is 5.08. The number of ketones is 1. The van der Waals surface area contributed by atoms with Gasteiger partial charge in [0.05, 0.1) is 11.7 Å². The van der Waals surface area contributed by atoms with Gasteiger partial charge in [0, 0.05) is 11.0 Å². The van der Waals surface area contributed by atoms with Gasteiger partial charge in [-0.05, 0) is 29.8 Å². The third-order valence-electron chi connectivity index (χ3n) is 4.68. The summed E-state index contributed by atoms with van der Waals surface area (Å²) in [6, 6.07) is 13.2. The van der Waals surface area contributed by atoms with Crippen molar-refractivity contribution in [3.8, 4) is 5.75 Å². The standard InChI is InChI=1S/C18H15FO3S/c19-12-7-5-11(6-8-12)17-18(15(20)9-23-17)10-22-14-4-2-1-3-13(14)16(18)21/h1-8,15,17,20H,9-10H2/t15-,17+,18+/m1/s1. The summed E-state index contributed by atoms with van der Waals surface area (Å²) in [6.07, 6.45) is -0.789. The summed E-state index contributed by atoms with van der Waals surface area (Å²) in [5, 5.41) is 10.3. The number of carbonyl (C=O) groups excluding carboxylic acids is 1. The number of ether oxygens (including phenoxy) is 1. The molecule has 23 heavy (non-hydrogen) atoms. The van der Waals surface area contributed by atoms with Crippen molar-refractivity contribution in [2.24, 2.45) is 5.41 Å². The monoisotopic (exact) mass is 330 g/mol. The van der Waals surface area contributed by atoms with Crippen molar-refractivity contribution in [2.45, 2.75) is 11.4 Å². The molecule has 0 amide bonds. The molecule has 0 unspecified atom stereocenters. The summed E-state index contributed by atoms with van der Waals surface area (Å²) in [6.45, 7) is 0.138. The Balaban J connectivity index is 1.81. The number of aliphatic hydroxyl groups is 1. The van der Waals surface area contributed by atoms with Crippen LogP contribution in [0, 0.1) is 11.2 Å². The molecule has 0 aliphatic carbocycles. The number of para-hydroxylation sites is 1. The van der Waals surface area contributed by atoms with E-state index in [0.29, 0.717) is 17.1 Å². The lowest BCUT2D eigenvalue weighted by molar-refractivity contribution is 0.00922. The number of aliphatic hydroxyl groups excluding tert-OH is 1. The van der Waals surface area contributed by atoms with Gasteiger partial charge in [-0.15, -0.1) is 11.8 Å². The quantitative estimate of drug-likeness (QED) is 0.872. The predicted molar refractivity (Wildman–Crippen MR) is 86.3 cm³/mol. The minimum absolute atomic E-state index is 0.0915. The van der Waals surface area contributed by atoms with Gasteiger partial charge in [0.2, 0.25) is 0 Å². The van der Waals surface area contributed by atoms with Crippen LogP contribution in [0.5, 0.6) is 5.75 Å². The largest absolute Gasteiger partial charge is 0.492 e. The van der Waals surface area contributed by atoms with Crippen molar-refractivity contribution in [1.82, 2.24) is 0 Å². The molecule has 2 aromatic rings. The van der Waals surface area contributed by atoms with Crippen LogP contribution < -0.4 is 4.74 Å². The average Bonchev–Trinajstić information content (AvgIpc) is 2.90. The second kappa shape index (κ2) is 5.35. The SMILES string of the molecule is O=C1c2ccccc2OC[C@]12[C@H](O)CS[C@H]2c1ccc(F)cc1. The van der Waals surface area contributed by atoms with Crippen molar-refractivity contribution in [3.63, 3.8) is 0 Å². The highest BCUT2D eigenvalue weighted by Crippen LogP contribution is 2.57. The van der Waals surface area contributed by atoms with Gasteiger partial charge in [-0.3, -0.25) is 4.79 Å². The number of rotatable bonds is 1. The van der Waals surface area contributed by atoms with Gasteiger partial charge in [-0.25, -0.2) is 4.39 Å². The summed E-state index contributed by atoms with van der Waals surface area (Å²) >= 11 is 1.52. The molecular weight excluding hydrogens is 315 g/mol. The second-order valence-electron chi connectivity index (χ2n) is 5.94. The zero-order chi connectivity index (χ0) is 16.0. The van der Waals surface area contributed by atoms with E-state index < -0.39 is 11.5 Å². The molecule has 2 aromatic carbocycles. The first-order valence-electron chi connectivity index (χ1n) is 7.45. The van der Waals surface area contributed by atoms with Crippen LogP contribution in [0.3, 0.4) is 0 Å². The zero-order valence-corrected chi connectivity index (χ0v) is 13.1. The van der Waals surface area contributed by atoms with E-state index in [1.807, 2.05) is 6.07 Å². The predicted octanol–water partition coefficient (Wildman–Crippen LogP) is 3.24. The summed E-state index contributed by atoms with van der Waals surface area (Å²) in [5.41, 5.74) is 0.327. The van der Waals surface area contributed by atoms with Crippen molar-refractivity contribution in [1.29, 1.82) is 0 Å². The average molecular weight is 330 g/mol. The van der Waals surface area contributed by atoms with Crippen molar-refractivity contribution in [2.75, 3.05) is 12.4 Å². The maximum Gasteiger partial charge on any atom is 0.180 e. The van der Waals surface area contributed by atoms with Crippen LogP contribution >= 0.6 is 11.8 Å². The maximum atomic E-state index is 13.2. The Morgan fingerprint density at radius 2 is 1.91 bits per heavy atom. The van der Waals surface area contributed by atoms with Gasteiger partial charge in [0.1, 0.15) is 23.6 Å². The first-order valence-corrected chi connectivity index (χ1v) is 8.49. The molecule has 3 atom stereocenters. The van der Waals surface area contributed by atoms with Gasteiger partial charge in [-0.1, -0.05) is 24.3 Å². The van der Waals surface area contributed by atoms with Gasteiger partial charge < -0.3 is 9.84 Å². The maximum absolute atomic E-state index is 13.2. The van der Waals surface area contributed by atoms with E-state index in [4.69, 9.17) is 4.74 Å². The van der Waals surface area contributed by atoms with Crippen LogP contribution in [0.25, 0.3) is 0 Å². The minimum Gasteiger partial charge on any atom is -0.492 e. The number of hydrogen-bond donors (Lipinski definition) is 1. The van der Waals surface area contributed by atoms with E-state index in [1.165, 1.54) is 23.9 Å². The topological polar surface area (TPSA) is 46.5 Å². The van der Waals surface area contributed by atoms with Crippen LogP contribution in [0.15, 0.2) is 48.5 Å². The van der Waals surface area contributed by atoms with E-state index in [2.05, 4.69) is 0 Å². The van der Waals surface area contributed by atoms with Crippen LogP contribution in [-0.2, 0) is 0 Å². The normalized spacial score (nSPS) is 29.4. The van der Waals surface area contributed by atoms with Crippen molar-refractivity contribution in [3.05, 3.63) is 65.5 Å². The molecule has 1 spiro atoms. The lowest BCUT2D eigenvalue weighted by Crippen LogP contribution is -2.50. The number of hydrogen-bond acceptors (Lipinski definition) is 4. The highest BCUT2D eigenvalue weighted by Gasteiger charge is 2.59. The summed E-state index contributed by atoms with van der Waals surface area (Å²) in [4.78, 5) is 13.2. The molecule has 0 bridgehead atoms. The Bertz CT molecular complexity index is 761. The summed E-state index contributed by atoms with van der Waals surface area (Å²) in [7, 11) is 0. The van der Waals surface area contributed by atoms with E-state index in [0.717, 1.165) is 5.56 Å². The Kier molecular flexibility index (Phi) is 3.43. The molecule has 4 rings (SSSR count). The third-order valence-corrected chi connectivity index (χ3v) is 6.21. The van der Waals surface area contributed by atoms with Crippen LogP contribution in [0.1, 0.15) is 21.2 Å². The summed E-state index contributed by atoms with van der Waals surface area (Å²) < 4.78 is 19.0. The first-order chi connectivity index (χ1) is 11.1. The highest BCUT2D eigenvalue weighted by molar-refractivity contribution is 7.99. The molecule has 3 nitrogen and oxygen atoms in total. The second-order valence-corrected chi connectivity index (χ2v) is 7.07. The fourth-order valence-electron chi connectivity index (χ4n) is 3.43. The molecule has 2 aliphatic heterocycles. The molecule has 1 fully saturated rings. The molecule has 2 heterocycles. The molecule has 0 saturated carbocycles. The molecule has 1 N–H and O–H groups in total. The highest BCUT2D eigenvalue weighted by atomic mass is 32.2. The number of Topliss-reactive ketones (excluding diaryl/α,β-unsaturated/α-hetero) is 1. The number of halogens is 1. The van der Waals surface area contributed by atoms with Gasteiger partial charge in [0.15, 0.2) is 5.78 Å².